The molecule has 4 nitrogen and oxygen atoms in total. The van der Waals surface area contributed by atoms with Crippen molar-refractivity contribution >= 4 is 5.91 Å². The molecule has 26 heavy (non-hydrogen) atoms. The van der Waals surface area contributed by atoms with Crippen LogP contribution >= 0.6 is 0 Å². The summed E-state index contributed by atoms with van der Waals surface area (Å²) in [5.41, 5.74) is 0. The second kappa shape index (κ2) is 17.8. The molecule has 0 aliphatic carbocycles. The Bertz CT molecular complexity index is 319. The fraction of sp³-hybridized carbons (Fsp3) is 0.955. The largest absolute Gasteiger partial charge is 0.358 e. The van der Waals surface area contributed by atoms with E-state index in [9.17, 15) is 15.0 Å². The van der Waals surface area contributed by atoms with Gasteiger partial charge in [0.25, 0.3) is 5.91 Å². The van der Waals surface area contributed by atoms with Crippen LogP contribution in [-0.2, 0) is 4.79 Å². The predicted molar refractivity (Wildman–Crippen MR) is 110 cm³/mol. The SMILES string of the molecule is CCCCCCCCCCCCCCCCC(O)(O)C(=O)NCCCC. The highest BCUT2D eigenvalue weighted by molar-refractivity contribution is 5.82. The lowest BCUT2D eigenvalue weighted by Crippen LogP contribution is -2.47. The van der Waals surface area contributed by atoms with Gasteiger partial charge < -0.3 is 15.5 Å². The minimum atomic E-state index is -2.20. The maximum Gasteiger partial charge on any atom is 0.279 e. The van der Waals surface area contributed by atoms with E-state index in [4.69, 9.17) is 0 Å². The smallest absolute Gasteiger partial charge is 0.279 e. The van der Waals surface area contributed by atoms with E-state index >= 15 is 0 Å². The van der Waals surface area contributed by atoms with E-state index in [0.717, 1.165) is 25.7 Å². The van der Waals surface area contributed by atoms with Gasteiger partial charge in [0.1, 0.15) is 0 Å². The lowest BCUT2D eigenvalue weighted by atomic mass is 10.0. The summed E-state index contributed by atoms with van der Waals surface area (Å²) in [4.78, 5) is 11.7. The second-order valence-electron chi connectivity index (χ2n) is 7.77. The summed E-state index contributed by atoms with van der Waals surface area (Å²) in [7, 11) is 0. The molecule has 0 aliphatic rings. The number of unbranched alkanes of at least 4 members (excludes halogenated alkanes) is 14. The van der Waals surface area contributed by atoms with Crippen molar-refractivity contribution in [3.8, 4) is 0 Å². The molecule has 0 aliphatic heterocycles. The van der Waals surface area contributed by atoms with Crippen molar-refractivity contribution in [2.45, 2.75) is 129 Å². The minimum Gasteiger partial charge on any atom is -0.358 e. The number of carbonyl (C=O) groups excluding carboxylic acids is 1. The van der Waals surface area contributed by atoms with Crippen molar-refractivity contribution < 1.29 is 15.0 Å². The van der Waals surface area contributed by atoms with Gasteiger partial charge in [0.15, 0.2) is 0 Å². The average molecular weight is 372 g/mol. The van der Waals surface area contributed by atoms with E-state index in [2.05, 4.69) is 12.2 Å². The van der Waals surface area contributed by atoms with Gasteiger partial charge in [0.2, 0.25) is 5.79 Å². The number of aliphatic hydroxyl groups is 2. The molecule has 4 heteroatoms. The summed E-state index contributed by atoms with van der Waals surface area (Å²) >= 11 is 0. The van der Waals surface area contributed by atoms with Crippen LogP contribution in [0.2, 0.25) is 0 Å². The van der Waals surface area contributed by atoms with Crippen LogP contribution in [0.3, 0.4) is 0 Å². The first kappa shape index (κ1) is 25.4. The highest BCUT2D eigenvalue weighted by Crippen LogP contribution is 2.16. The molecule has 3 N–H and O–H groups in total. The third-order valence-electron chi connectivity index (χ3n) is 5.06. The first-order valence-electron chi connectivity index (χ1n) is 11.3. The van der Waals surface area contributed by atoms with Gasteiger partial charge in [-0.3, -0.25) is 4.79 Å². The Labute approximate surface area is 162 Å². The van der Waals surface area contributed by atoms with Crippen LogP contribution in [0.15, 0.2) is 0 Å². The Kier molecular flexibility index (Phi) is 17.4. The fourth-order valence-corrected chi connectivity index (χ4v) is 3.20. The van der Waals surface area contributed by atoms with Crippen molar-refractivity contribution in [3.63, 3.8) is 0 Å². The van der Waals surface area contributed by atoms with Crippen LogP contribution in [-0.4, -0.2) is 28.5 Å². The number of nitrogens with one attached hydrogen (secondary N) is 1. The summed E-state index contributed by atoms with van der Waals surface area (Å²) < 4.78 is 0. The molecule has 0 aromatic carbocycles. The van der Waals surface area contributed by atoms with E-state index < -0.39 is 11.7 Å². The zero-order valence-electron chi connectivity index (χ0n) is 17.5. The lowest BCUT2D eigenvalue weighted by molar-refractivity contribution is -0.187. The monoisotopic (exact) mass is 371 g/mol. The van der Waals surface area contributed by atoms with Gasteiger partial charge >= 0.3 is 0 Å². The van der Waals surface area contributed by atoms with Crippen LogP contribution in [0.5, 0.6) is 0 Å². The molecule has 0 heterocycles. The molecule has 0 fully saturated rings. The van der Waals surface area contributed by atoms with Crippen LogP contribution in [0.1, 0.15) is 123 Å². The van der Waals surface area contributed by atoms with Gasteiger partial charge in [-0.25, -0.2) is 0 Å². The predicted octanol–water partition coefficient (Wildman–Crippen LogP) is 5.46. The van der Waals surface area contributed by atoms with Gasteiger partial charge in [-0.1, -0.05) is 104 Å². The molecule has 0 aromatic heterocycles. The average Bonchev–Trinajstić information content (AvgIpc) is 2.62. The molecule has 0 atom stereocenters. The lowest BCUT2D eigenvalue weighted by Gasteiger charge is -2.20. The van der Waals surface area contributed by atoms with E-state index in [1.54, 1.807) is 0 Å². The molecule has 1 amide bonds. The molecular weight excluding hydrogens is 326 g/mol. The summed E-state index contributed by atoms with van der Waals surface area (Å²) in [6.45, 7) is 4.80. The molecule has 0 saturated carbocycles. The Morgan fingerprint density at radius 3 is 1.46 bits per heavy atom. The van der Waals surface area contributed by atoms with Crippen molar-refractivity contribution in [2.24, 2.45) is 0 Å². The standard InChI is InChI=1S/C22H45NO3/c1-3-5-7-8-9-10-11-12-13-14-15-16-17-18-19-22(25,26)21(24)23-20-6-4-2/h25-26H,3-20H2,1-2H3,(H,23,24). The Balaban J connectivity index is 3.38. The zero-order chi connectivity index (χ0) is 19.5. The summed E-state index contributed by atoms with van der Waals surface area (Å²) in [6.07, 6.45) is 19.6. The summed E-state index contributed by atoms with van der Waals surface area (Å²) in [6, 6.07) is 0. The highest BCUT2D eigenvalue weighted by atomic mass is 16.5. The van der Waals surface area contributed by atoms with Gasteiger partial charge in [0.05, 0.1) is 0 Å². The van der Waals surface area contributed by atoms with Crippen molar-refractivity contribution in [2.75, 3.05) is 6.54 Å². The quantitative estimate of drug-likeness (QED) is 0.209. The zero-order valence-corrected chi connectivity index (χ0v) is 17.5. The highest BCUT2D eigenvalue weighted by Gasteiger charge is 2.31. The molecular formula is C22H45NO3. The Hall–Kier alpha value is -0.610. The van der Waals surface area contributed by atoms with Crippen molar-refractivity contribution in [1.82, 2.24) is 5.32 Å². The fourth-order valence-electron chi connectivity index (χ4n) is 3.20. The maximum atomic E-state index is 11.7. The van der Waals surface area contributed by atoms with Gasteiger partial charge in [-0.2, -0.15) is 0 Å². The first-order chi connectivity index (χ1) is 12.5. The molecule has 0 aromatic rings. The maximum absolute atomic E-state index is 11.7. The first-order valence-corrected chi connectivity index (χ1v) is 11.3. The number of carbonyl (C=O) groups is 1. The third kappa shape index (κ3) is 15.6. The van der Waals surface area contributed by atoms with Gasteiger partial charge in [-0.15, -0.1) is 0 Å². The van der Waals surface area contributed by atoms with E-state index in [1.807, 2.05) is 6.92 Å². The molecule has 0 unspecified atom stereocenters. The van der Waals surface area contributed by atoms with Crippen molar-refractivity contribution in [1.29, 1.82) is 0 Å². The number of rotatable bonds is 19. The summed E-state index contributed by atoms with van der Waals surface area (Å²) in [5, 5.41) is 22.2. The van der Waals surface area contributed by atoms with Gasteiger partial charge in [-0.05, 0) is 12.8 Å². The molecule has 156 valence electrons. The molecule has 0 spiro atoms. The minimum absolute atomic E-state index is 0.128. The van der Waals surface area contributed by atoms with E-state index in [1.165, 1.54) is 70.6 Å². The number of amides is 1. The second-order valence-corrected chi connectivity index (χ2v) is 7.77. The molecule has 0 saturated heterocycles. The van der Waals surface area contributed by atoms with Crippen LogP contribution in [0.25, 0.3) is 0 Å². The van der Waals surface area contributed by atoms with Crippen LogP contribution in [0.4, 0.5) is 0 Å². The van der Waals surface area contributed by atoms with Crippen molar-refractivity contribution in [3.05, 3.63) is 0 Å². The van der Waals surface area contributed by atoms with E-state index in [0.29, 0.717) is 13.0 Å². The number of hydrogen-bond acceptors (Lipinski definition) is 3. The van der Waals surface area contributed by atoms with Crippen LogP contribution in [0, 0.1) is 0 Å². The molecule has 0 bridgehead atoms. The van der Waals surface area contributed by atoms with Crippen LogP contribution < -0.4 is 5.32 Å². The molecule has 0 radical (unpaired) electrons. The molecule has 0 rings (SSSR count). The Morgan fingerprint density at radius 1 is 0.654 bits per heavy atom. The summed E-state index contributed by atoms with van der Waals surface area (Å²) in [5.74, 6) is -2.86. The normalized spacial score (nSPS) is 11.7. The number of hydrogen-bond donors (Lipinski definition) is 3. The third-order valence-corrected chi connectivity index (χ3v) is 5.06. The van der Waals surface area contributed by atoms with E-state index in [-0.39, 0.29) is 6.42 Å². The Morgan fingerprint density at radius 2 is 1.04 bits per heavy atom. The topological polar surface area (TPSA) is 69.6 Å². The van der Waals surface area contributed by atoms with Gasteiger partial charge in [0, 0.05) is 13.0 Å².